The fourth-order valence-corrected chi connectivity index (χ4v) is 5.50. The molecule has 0 aromatic heterocycles. The molecule has 0 saturated carbocycles. The molecule has 0 fully saturated rings. The number of anilines is 1. The van der Waals surface area contributed by atoms with E-state index in [0.717, 1.165) is 14.3 Å². The summed E-state index contributed by atoms with van der Waals surface area (Å²) in [5.41, 5.74) is 0.612. The zero-order chi connectivity index (χ0) is 28.1. The first-order valence-corrected chi connectivity index (χ1v) is 14.6. The van der Waals surface area contributed by atoms with Gasteiger partial charge in [-0.3, -0.25) is 13.9 Å². The summed E-state index contributed by atoms with van der Waals surface area (Å²) < 4.78 is 29.4. The summed E-state index contributed by atoms with van der Waals surface area (Å²) in [6.45, 7) is 6.82. The molecule has 1 unspecified atom stereocenters. The molecular formula is C28H31BrClN3O4S. The number of nitrogens with zero attached hydrogens (tertiary/aromatic N) is 2. The van der Waals surface area contributed by atoms with Gasteiger partial charge in [0, 0.05) is 21.6 Å². The van der Waals surface area contributed by atoms with Crippen molar-refractivity contribution < 1.29 is 18.0 Å². The average Bonchev–Trinajstić information content (AvgIpc) is 2.86. The van der Waals surface area contributed by atoms with Gasteiger partial charge in [-0.15, -0.1) is 0 Å². The molecule has 0 saturated heterocycles. The first-order valence-electron chi connectivity index (χ1n) is 12.0. The van der Waals surface area contributed by atoms with Gasteiger partial charge in [0.25, 0.3) is 10.0 Å². The maximum Gasteiger partial charge on any atom is 0.264 e. The highest BCUT2D eigenvalue weighted by Gasteiger charge is 2.33. The van der Waals surface area contributed by atoms with Crippen LogP contribution in [0, 0.1) is 0 Å². The van der Waals surface area contributed by atoms with Gasteiger partial charge in [-0.2, -0.15) is 0 Å². The van der Waals surface area contributed by atoms with Crippen molar-refractivity contribution in [3.63, 3.8) is 0 Å². The minimum atomic E-state index is -4.13. The molecule has 3 aromatic carbocycles. The highest BCUT2D eigenvalue weighted by atomic mass is 79.9. The van der Waals surface area contributed by atoms with E-state index >= 15 is 0 Å². The molecule has 1 N–H and O–H groups in total. The van der Waals surface area contributed by atoms with Crippen molar-refractivity contribution in [2.75, 3.05) is 10.8 Å². The van der Waals surface area contributed by atoms with Crippen molar-refractivity contribution >= 4 is 55.1 Å². The minimum Gasteiger partial charge on any atom is -0.350 e. The smallest absolute Gasteiger partial charge is 0.264 e. The maximum atomic E-state index is 13.9. The van der Waals surface area contributed by atoms with Gasteiger partial charge in [-0.25, -0.2) is 8.42 Å². The van der Waals surface area contributed by atoms with E-state index in [9.17, 15) is 18.0 Å². The van der Waals surface area contributed by atoms with Gasteiger partial charge in [-0.1, -0.05) is 57.9 Å². The summed E-state index contributed by atoms with van der Waals surface area (Å²) in [6.07, 6.45) is 0. The number of halogens is 2. The summed E-state index contributed by atoms with van der Waals surface area (Å²) >= 11 is 9.38. The van der Waals surface area contributed by atoms with Crippen LogP contribution in [0.15, 0.2) is 88.2 Å². The van der Waals surface area contributed by atoms with Crippen molar-refractivity contribution in [2.45, 2.75) is 50.7 Å². The van der Waals surface area contributed by atoms with E-state index in [1.807, 2.05) is 45.0 Å². The summed E-state index contributed by atoms with van der Waals surface area (Å²) in [5, 5.41) is 3.30. The van der Waals surface area contributed by atoms with Crippen molar-refractivity contribution in [1.82, 2.24) is 10.2 Å². The molecule has 0 spiro atoms. The van der Waals surface area contributed by atoms with E-state index in [4.69, 9.17) is 11.6 Å². The van der Waals surface area contributed by atoms with Crippen LogP contribution in [0.5, 0.6) is 0 Å². The van der Waals surface area contributed by atoms with E-state index in [2.05, 4.69) is 21.2 Å². The summed E-state index contributed by atoms with van der Waals surface area (Å²) in [7, 11) is -4.13. The van der Waals surface area contributed by atoms with Gasteiger partial charge in [0.2, 0.25) is 11.8 Å². The molecule has 3 rings (SSSR count). The van der Waals surface area contributed by atoms with Crippen LogP contribution in [-0.2, 0) is 26.2 Å². The number of amides is 2. The molecule has 0 aliphatic heterocycles. The second-order valence-electron chi connectivity index (χ2n) is 9.86. The highest BCUT2D eigenvalue weighted by molar-refractivity contribution is 9.10. The first kappa shape index (κ1) is 29.7. The molecular weight excluding hydrogens is 590 g/mol. The van der Waals surface area contributed by atoms with Gasteiger partial charge in [-0.05, 0) is 81.8 Å². The fraction of sp³-hybridized carbons (Fsp3) is 0.286. The second-order valence-corrected chi connectivity index (χ2v) is 13.1. The fourth-order valence-electron chi connectivity index (χ4n) is 3.70. The normalized spacial score (nSPS) is 12.5. The van der Waals surface area contributed by atoms with Crippen LogP contribution < -0.4 is 9.62 Å². The molecule has 0 radical (unpaired) electrons. The predicted molar refractivity (Wildman–Crippen MR) is 154 cm³/mol. The lowest BCUT2D eigenvalue weighted by atomic mass is 10.1. The van der Waals surface area contributed by atoms with E-state index in [0.29, 0.717) is 10.7 Å². The third kappa shape index (κ3) is 7.82. The van der Waals surface area contributed by atoms with E-state index in [1.54, 1.807) is 37.3 Å². The number of hydrogen-bond donors (Lipinski definition) is 1. The van der Waals surface area contributed by atoms with Crippen LogP contribution in [0.25, 0.3) is 0 Å². The molecule has 2 amide bonds. The number of hydrogen-bond acceptors (Lipinski definition) is 4. The SMILES string of the molecule is CC(C(=O)NC(C)(C)C)N(Cc1ccc(Br)cc1)C(=O)CN(c1ccccc1)S(=O)(=O)c1ccc(Cl)cc1. The molecule has 1 atom stereocenters. The number of sulfonamides is 1. The van der Waals surface area contributed by atoms with Crippen LogP contribution in [0.4, 0.5) is 5.69 Å². The van der Waals surface area contributed by atoms with E-state index < -0.39 is 34.1 Å². The van der Waals surface area contributed by atoms with Gasteiger partial charge in [0.15, 0.2) is 0 Å². The monoisotopic (exact) mass is 619 g/mol. The van der Waals surface area contributed by atoms with Gasteiger partial charge in [0.05, 0.1) is 10.6 Å². The zero-order valence-corrected chi connectivity index (χ0v) is 24.8. The Morgan fingerprint density at radius 1 is 0.947 bits per heavy atom. The zero-order valence-electron chi connectivity index (χ0n) is 21.7. The Labute approximate surface area is 238 Å². The molecule has 3 aromatic rings. The number of carbonyl (C=O) groups excluding carboxylic acids is 2. The Morgan fingerprint density at radius 3 is 2.08 bits per heavy atom. The Balaban J connectivity index is 2.00. The van der Waals surface area contributed by atoms with Crippen LogP contribution >= 0.6 is 27.5 Å². The largest absolute Gasteiger partial charge is 0.350 e. The Kier molecular flexibility index (Phi) is 9.62. The third-order valence-electron chi connectivity index (χ3n) is 5.66. The van der Waals surface area contributed by atoms with Gasteiger partial charge in [0.1, 0.15) is 12.6 Å². The van der Waals surface area contributed by atoms with Gasteiger partial charge >= 0.3 is 0 Å². The predicted octanol–water partition coefficient (Wildman–Crippen LogP) is 5.63. The molecule has 0 aliphatic rings. The molecule has 202 valence electrons. The topological polar surface area (TPSA) is 86.8 Å². The van der Waals surface area contributed by atoms with Crippen molar-refractivity contribution in [3.8, 4) is 0 Å². The first-order chi connectivity index (χ1) is 17.8. The molecule has 0 bridgehead atoms. The minimum absolute atomic E-state index is 0.00321. The summed E-state index contributed by atoms with van der Waals surface area (Å²) in [6, 6.07) is 20.7. The second kappa shape index (κ2) is 12.3. The van der Waals surface area contributed by atoms with Crippen molar-refractivity contribution in [3.05, 3.63) is 93.9 Å². The Bertz CT molecular complexity index is 1360. The third-order valence-corrected chi connectivity index (χ3v) is 8.23. The van der Waals surface area contributed by atoms with Crippen molar-refractivity contribution in [2.24, 2.45) is 0 Å². The molecule has 10 heteroatoms. The Hall–Kier alpha value is -2.88. The van der Waals surface area contributed by atoms with Crippen LogP contribution in [0.1, 0.15) is 33.3 Å². The summed E-state index contributed by atoms with van der Waals surface area (Å²) in [5.74, 6) is -0.861. The van der Waals surface area contributed by atoms with Gasteiger partial charge < -0.3 is 10.2 Å². The Morgan fingerprint density at radius 2 is 1.53 bits per heavy atom. The molecule has 0 heterocycles. The lowest BCUT2D eigenvalue weighted by Gasteiger charge is -2.33. The van der Waals surface area contributed by atoms with Crippen LogP contribution in [0.2, 0.25) is 5.02 Å². The van der Waals surface area contributed by atoms with Crippen LogP contribution in [-0.4, -0.2) is 43.3 Å². The molecule has 38 heavy (non-hydrogen) atoms. The maximum absolute atomic E-state index is 13.9. The average molecular weight is 621 g/mol. The highest BCUT2D eigenvalue weighted by Crippen LogP contribution is 2.25. The number of nitrogens with one attached hydrogen (secondary N) is 1. The lowest BCUT2D eigenvalue weighted by molar-refractivity contribution is -0.140. The molecule has 0 aliphatic carbocycles. The quantitative estimate of drug-likeness (QED) is 0.336. The standard InChI is InChI=1S/C28H31BrClN3O4S/c1-20(27(35)31-28(2,3)4)32(18-21-10-12-22(29)13-11-21)26(34)19-33(24-8-6-5-7-9-24)38(36,37)25-16-14-23(30)15-17-25/h5-17,20H,18-19H2,1-4H3,(H,31,35). The number of para-hydroxylation sites is 1. The number of benzene rings is 3. The summed E-state index contributed by atoms with van der Waals surface area (Å²) in [4.78, 5) is 28.3. The van der Waals surface area contributed by atoms with Crippen LogP contribution in [0.3, 0.4) is 0 Å². The lowest BCUT2D eigenvalue weighted by Crippen LogP contribution is -2.54. The van der Waals surface area contributed by atoms with E-state index in [1.165, 1.54) is 29.2 Å². The number of rotatable bonds is 9. The molecule has 7 nitrogen and oxygen atoms in total. The van der Waals surface area contributed by atoms with E-state index in [-0.39, 0.29) is 17.3 Å². The number of carbonyl (C=O) groups is 2. The van der Waals surface area contributed by atoms with Crippen molar-refractivity contribution in [1.29, 1.82) is 0 Å².